The minimum absolute atomic E-state index is 0.328. The molecule has 0 fully saturated rings. The summed E-state index contributed by atoms with van der Waals surface area (Å²) in [5, 5.41) is 5.23. The van der Waals surface area contributed by atoms with Crippen LogP contribution in [0.4, 0.5) is 4.39 Å². The van der Waals surface area contributed by atoms with Crippen molar-refractivity contribution in [3.63, 3.8) is 0 Å². The van der Waals surface area contributed by atoms with Gasteiger partial charge in [0, 0.05) is 17.1 Å². The highest BCUT2D eigenvalue weighted by Gasteiger charge is 2.20. The summed E-state index contributed by atoms with van der Waals surface area (Å²) in [6.07, 6.45) is 2.72. The number of carbonyl (C=O) groups excluding carboxylic acids is 1. The third kappa shape index (κ3) is 3.36. The third-order valence-electron chi connectivity index (χ3n) is 4.67. The van der Waals surface area contributed by atoms with E-state index in [1.807, 2.05) is 37.3 Å². The van der Waals surface area contributed by atoms with Crippen molar-refractivity contribution in [2.24, 2.45) is 0 Å². The molecule has 2 aromatic heterocycles. The maximum Gasteiger partial charge on any atom is 0.342 e. The second-order valence-electron chi connectivity index (χ2n) is 6.54. The number of esters is 1. The van der Waals surface area contributed by atoms with Crippen LogP contribution in [0.2, 0.25) is 0 Å². The molecule has 0 aliphatic heterocycles. The molecule has 0 aliphatic carbocycles. The molecule has 1 atom stereocenters. The monoisotopic (exact) mass is 375 g/mol. The number of nitrogens with zero attached hydrogens (tertiary/aromatic N) is 3. The Morgan fingerprint density at radius 2 is 1.86 bits per heavy atom. The van der Waals surface area contributed by atoms with Gasteiger partial charge < -0.3 is 4.74 Å². The Morgan fingerprint density at radius 1 is 1.11 bits per heavy atom. The van der Waals surface area contributed by atoms with Gasteiger partial charge >= 0.3 is 5.97 Å². The predicted octanol–water partition coefficient (Wildman–Crippen LogP) is 4.79. The van der Waals surface area contributed by atoms with Crippen molar-refractivity contribution in [3.05, 3.63) is 89.6 Å². The van der Waals surface area contributed by atoms with Crippen LogP contribution in [0.3, 0.4) is 0 Å². The van der Waals surface area contributed by atoms with Crippen molar-refractivity contribution in [1.82, 2.24) is 14.8 Å². The van der Waals surface area contributed by atoms with E-state index in [4.69, 9.17) is 4.74 Å². The first-order valence-electron chi connectivity index (χ1n) is 8.89. The summed E-state index contributed by atoms with van der Waals surface area (Å²) in [7, 11) is 0. The van der Waals surface area contributed by atoms with Crippen LogP contribution in [0.1, 0.15) is 34.6 Å². The number of aromatic nitrogens is 3. The van der Waals surface area contributed by atoms with E-state index in [2.05, 4.69) is 10.1 Å². The Labute approximate surface area is 161 Å². The van der Waals surface area contributed by atoms with Gasteiger partial charge in [0.25, 0.3) is 0 Å². The normalized spacial score (nSPS) is 12.1. The molecule has 0 N–H and O–H groups in total. The van der Waals surface area contributed by atoms with E-state index < -0.39 is 12.1 Å². The van der Waals surface area contributed by atoms with Crippen LogP contribution >= 0.6 is 0 Å². The fraction of sp³-hybridized carbons (Fsp3) is 0.136. The Kier molecular flexibility index (Phi) is 4.61. The number of carbonyl (C=O) groups is 1. The van der Waals surface area contributed by atoms with Gasteiger partial charge in [-0.05, 0) is 50.2 Å². The number of para-hydroxylation sites is 1. The first-order chi connectivity index (χ1) is 13.5. The Morgan fingerprint density at radius 3 is 2.64 bits per heavy atom. The van der Waals surface area contributed by atoms with Crippen molar-refractivity contribution < 1.29 is 13.9 Å². The molecule has 4 aromatic rings. The molecule has 140 valence electrons. The highest BCUT2D eigenvalue weighted by atomic mass is 19.1. The molecule has 0 spiro atoms. The summed E-state index contributed by atoms with van der Waals surface area (Å²) < 4.78 is 20.3. The SMILES string of the molecule is Cc1c(C(=O)OC(C)c2cnc3ccccc3c2)cnn1-c1ccc(F)cc1. The smallest absolute Gasteiger partial charge is 0.342 e. The summed E-state index contributed by atoms with van der Waals surface area (Å²) in [4.78, 5) is 17.1. The fourth-order valence-electron chi connectivity index (χ4n) is 3.06. The molecule has 6 heteroatoms. The van der Waals surface area contributed by atoms with Gasteiger partial charge in [-0.3, -0.25) is 4.98 Å². The summed E-state index contributed by atoms with van der Waals surface area (Å²) in [5.41, 5.74) is 3.37. The minimum atomic E-state index is -0.466. The first-order valence-corrected chi connectivity index (χ1v) is 8.89. The molecule has 0 saturated carbocycles. The number of pyridine rings is 1. The summed E-state index contributed by atoms with van der Waals surface area (Å²) in [5.74, 6) is -0.794. The van der Waals surface area contributed by atoms with Crippen molar-refractivity contribution in [2.75, 3.05) is 0 Å². The molecule has 5 nitrogen and oxygen atoms in total. The van der Waals surface area contributed by atoms with Crippen molar-refractivity contribution in [1.29, 1.82) is 0 Å². The van der Waals surface area contributed by atoms with Crippen molar-refractivity contribution in [2.45, 2.75) is 20.0 Å². The molecule has 0 bridgehead atoms. The van der Waals surface area contributed by atoms with Crippen LogP contribution in [-0.2, 0) is 4.74 Å². The van der Waals surface area contributed by atoms with Crippen molar-refractivity contribution in [3.8, 4) is 5.69 Å². The first kappa shape index (κ1) is 17.9. The van der Waals surface area contributed by atoms with E-state index in [0.717, 1.165) is 16.5 Å². The Bertz CT molecular complexity index is 1150. The molecule has 0 saturated heterocycles. The average Bonchev–Trinajstić information content (AvgIpc) is 3.09. The lowest BCUT2D eigenvalue weighted by atomic mass is 10.1. The van der Waals surface area contributed by atoms with Crippen LogP contribution in [-0.4, -0.2) is 20.7 Å². The van der Waals surface area contributed by atoms with Gasteiger partial charge in [-0.2, -0.15) is 5.10 Å². The van der Waals surface area contributed by atoms with Gasteiger partial charge in [0.05, 0.1) is 23.1 Å². The van der Waals surface area contributed by atoms with E-state index in [0.29, 0.717) is 16.9 Å². The topological polar surface area (TPSA) is 57.0 Å². The summed E-state index contributed by atoms with van der Waals surface area (Å²) >= 11 is 0. The van der Waals surface area contributed by atoms with Crippen LogP contribution in [0.5, 0.6) is 0 Å². The Hall–Kier alpha value is -3.54. The quantitative estimate of drug-likeness (QED) is 0.482. The largest absolute Gasteiger partial charge is 0.454 e. The van der Waals surface area contributed by atoms with Gasteiger partial charge in [0.2, 0.25) is 0 Å². The lowest BCUT2D eigenvalue weighted by Gasteiger charge is -2.14. The molecule has 0 aliphatic rings. The zero-order chi connectivity index (χ0) is 19.7. The van der Waals surface area contributed by atoms with Gasteiger partial charge in [-0.1, -0.05) is 18.2 Å². The van der Waals surface area contributed by atoms with Gasteiger partial charge in [-0.25, -0.2) is 13.9 Å². The zero-order valence-corrected chi connectivity index (χ0v) is 15.5. The van der Waals surface area contributed by atoms with E-state index >= 15 is 0 Å². The number of hydrogen-bond acceptors (Lipinski definition) is 4. The lowest BCUT2D eigenvalue weighted by molar-refractivity contribution is 0.0336. The lowest BCUT2D eigenvalue weighted by Crippen LogP contribution is -2.11. The highest BCUT2D eigenvalue weighted by molar-refractivity contribution is 5.90. The number of hydrogen-bond donors (Lipinski definition) is 0. The second kappa shape index (κ2) is 7.23. The van der Waals surface area contributed by atoms with E-state index in [1.54, 1.807) is 29.9 Å². The molecule has 28 heavy (non-hydrogen) atoms. The van der Waals surface area contributed by atoms with E-state index in [1.165, 1.54) is 18.3 Å². The molecule has 0 amide bonds. The number of benzene rings is 2. The summed E-state index contributed by atoms with van der Waals surface area (Å²) in [6.45, 7) is 3.58. The van der Waals surface area contributed by atoms with Gasteiger partial charge in [-0.15, -0.1) is 0 Å². The molecule has 0 radical (unpaired) electrons. The minimum Gasteiger partial charge on any atom is -0.454 e. The van der Waals surface area contributed by atoms with E-state index in [-0.39, 0.29) is 5.82 Å². The van der Waals surface area contributed by atoms with Crippen LogP contribution < -0.4 is 0 Å². The molecule has 4 rings (SSSR count). The number of rotatable bonds is 4. The standard InChI is InChI=1S/C22H18FN3O2/c1-14-20(13-25-26(14)19-9-7-18(23)8-10-19)22(27)28-15(2)17-11-16-5-3-4-6-21(16)24-12-17/h3-13,15H,1-2H3. The fourth-order valence-corrected chi connectivity index (χ4v) is 3.06. The maximum absolute atomic E-state index is 13.1. The number of fused-ring (bicyclic) bond motifs is 1. The van der Waals surface area contributed by atoms with Crippen LogP contribution in [0.25, 0.3) is 16.6 Å². The highest BCUT2D eigenvalue weighted by Crippen LogP contribution is 2.23. The average molecular weight is 375 g/mol. The van der Waals surface area contributed by atoms with Gasteiger partial charge in [0.15, 0.2) is 0 Å². The Balaban J connectivity index is 1.55. The summed E-state index contributed by atoms with van der Waals surface area (Å²) in [6, 6.07) is 15.7. The second-order valence-corrected chi connectivity index (χ2v) is 6.54. The molecular weight excluding hydrogens is 357 g/mol. The predicted molar refractivity (Wildman–Crippen MR) is 104 cm³/mol. The van der Waals surface area contributed by atoms with Crippen LogP contribution in [0, 0.1) is 12.7 Å². The molecule has 2 heterocycles. The maximum atomic E-state index is 13.1. The van der Waals surface area contributed by atoms with E-state index in [9.17, 15) is 9.18 Å². The molecular formula is C22H18FN3O2. The van der Waals surface area contributed by atoms with Crippen LogP contribution in [0.15, 0.2) is 67.0 Å². The number of halogens is 1. The molecule has 1 unspecified atom stereocenters. The van der Waals surface area contributed by atoms with Crippen molar-refractivity contribution >= 4 is 16.9 Å². The molecule has 2 aromatic carbocycles. The number of ether oxygens (including phenoxy) is 1. The zero-order valence-electron chi connectivity index (χ0n) is 15.5. The third-order valence-corrected chi connectivity index (χ3v) is 4.67. The van der Waals surface area contributed by atoms with Gasteiger partial charge in [0.1, 0.15) is 17.5 Å².